The van der Waals surface area contributed by atoms with Gasteiger partial charge in [0.15, 0.2) is 0 Å². The van der Waals surface area contributed by atoms with Gasteiger partial charge in [-0.25, -0.2) is 0 Å². The average molecular weight is 220 g/mol. The Morgan fingerprint density at radius 2 is 2.12 bits per heavy atom. The number of nitrogens with zero attached hydrogens (tertiary/aromatic N) is 1. The number of nitrogens with one attached hydrogen (secondary N) is 1. The van der Waals surface area contributed by atoms with E-state index < -0.39 is 0 Å². The molecule has 2 nitrogen and oxygen atoms in total. The second kappa shape index (κ2) is 7.39. The summed E-state index contributed by atoms with van der Waals surface area (Å²) in [6.07, 6.45) is 6.79. The quantitative estimate of drug-likeness (QED) is 0.759. The highest BCUT2D eigenvalue weighted by Crippen LogP contribution is 2.21. The van der Waals surface area contributed by atoms with Gasteiger partial charge < -0.3 is 5.32 Å². The van der Waals surface area contributed by atoms with Crippen molar-refractivity contribution >= 4 is 0 Å². The Morgan fingerprint density at radius 3 is 2.75 bits per heavy atom. The number of aromatic nitrogens is 1. The van der Waals surface area contributed by atoms with Gasteiger partial charge in [0.05, 0.1) is 0 Å². The van der Waals surface area contributed by atoms with Crippen LogP contribution in [0.2, 0.25) is 0 Å². The molecule has 0 saturated carbocycles. The third kappa shape index (κ3) is 3.93. The molecule has 90 valence electrons. The van der Waals surface area contributed by atoms with Crippen LogP contribution >= 0.6 is 0 Å². The highest BCUT2D eigenvalue weighted by atomic mass is 14.9. The van der Waals surface area contributed by atoms with Gasteiger partial charge in [-0.15, -0.1) is 0 Å². The summed E-state index contributed by atoms with van der Waals surface area (Å²) in [6.45, 7) is 7.64. The summed E-state index contributed by atoms with van der Waals surface area (Å²) in [5.74, 6) is 0. The lowest BCUT2D eigenvalue weighted by Gasteiger charge is -2.20. The molecule has 2 heteroatoms. The number of rotatable bonds is 7. The van der Waals surface area contributed by atoms with Crippen molar-refractivity contribution in [2.75, 3.05) is 6.54 Å². The third-order valence-electron chi connectivity index (χ3n) is 2.91. The number of pyridine rings is 1. The number of hydrogen-bond acceptors (Lipinski definition) is 2. The molecule has 1 N–H and O–H groups in total. The Labute approximate surface area is 99.5 Å². The third-order valence-corrected chi connectivity index (χ3v) is 2.91. The first kappa shape index (κ1) is 13.2. The van der Waals surface area contributed by atoms with Crippen LogP contribution in [0.15, 0.2) is 18.3 Å². The smallest absolute Gasteiger partial charge is 0.0420 e. The molecule has 0 amide bonds. The Balaban J connectivity index is 2.70. The molecule has 1 heterocycles. The van der Waals surface area contributed by atoms with Crippen molar-refractivity contribution in [1.82, 2.24) is 10.3 Å². The zero-order valence-electron chi connectivity index (χ0n) is 10.8. The van der Waals surface area contributed by atoms with Crippen molar-refractivity contribution in [1.29, 1.82) is 0 Å². The molecule has 1 aromatic heterocycles. The van der Waals surface area contributed by atoms with E-state index in [0.29, 0.717) is 6.04 Å². The second-order valence-electron chi connectivity index (χ2n) is 4.33. The highest BCUT2D eigenvalue weighted by molar-refractivity contribution is 5.22. The fraction of sp³-hybridized carbons (Fsp3) is 0.643. The Bertz CT molecular complexity index is 289. The first-order chi connectivity index (χ1) is 7.79. The lowest BCUT2D eigenvalue weighted by atomic mass is 10.00. The molecule has 16 heavy (non-hydrogen) atoms. The Morgan fingerprint density at radius 1 is 1.31 bits per heavy atom. The zero-order valence-corrected chi connectivity index (χ0v) is 10.8. The van der Waals surface area contributed by atoms with E-state index in [4.69, 9.17) is 0 Å². The molecule has 0 aliphatic rings. The first-order valence-corrected chi connectivity index (χ1v) is 6.44. The van der Waals surface area contributed by atoms with Crippen LogP contribution in [0.4, 0.5) is 0 Å². The molecule has 1 unspecified atom stereocenters. The topological polar surface area (TPSA) is 24.9 Å². The van der Waals surface area contributed by atoms with E-state index in [1.165, 1.54) is 31.2 Å². The zero-order chi connectivity index (χ0) is 11.8. The lowest BCUT2D eigenvalue weighted by molar-refractivity contribution is 0.478. The molecule has 1 aromatic rings. The van der Waals surface area contributed by atoms with E-state index >= 15 is 0 Å². The molecule has 0 aliphatic carbocycles. The summed E-state index contributed by atoms with van der Waals surface area (Å²) < 4.78 is 0. The van der Waals surface area contributed by atoms with Gasteiger partial charge in [0, 0.05) is 17.9 Å². The van der Waals surface area contributed by atoms with Gasteiger partial charge >= 0.3 is 0 Å². The van der Waals surface area contributed by atoms with E-state index in [-0.39, 0.29) is 0 Å². The van der Waals surface area contributed by atoms with Gasteiger partial charge in [0.25, 0.3) is 0 Å². The van der Waals surface area contributed by atoms with Gasteiger partial charge in [-0.3, -0.25) is 4.98 Å². The van der Waals surface area contributed by atoms with Crippen LogP contribution < -0.4 is 5.32 Å². The molecule has 0 radical (unpaired) electrons. The summed E-state index contributed by atoms with van der Waals surface area (Å²) in [5.41, 5.74) is 2.52. The molecule has 1 rings (SSSR count). The first-order valence-electron chi connectivity index (χ1n) is 6.44. The molecule has 0 spiro atoms. The summed E-state index contributed by atoms with van der Waals surface area (Å²) in [5, 5.41) is 3.62. The van der Waals surface area contributed by atoms with Gasteiger partial charge in [-0.2, -0.15) is 0 Å². The molecule has 0 fully saturated rings. The average Bonchev–Trinajstić information content (AvgIpc) is 2.31. The largest absolute Gasteiger partial charge is 0.310 e. The second-order valence-corrected chi connectivity index (χ2v) is 4.33. The van der Waals surface area contributed by atoms with Crippen molar-refractivity contribution in [2.45, 2.75) is 52.5 Å². The summed E-state index contributed by atoms with van der Waals surface area (Å²) >= 11 is 0. The van der Waals surface area contributed by atoms with Crippen LogP contribution in [0.3, 0.4) is 0 Å². The predicted octanol–water partition coefficient (Wildman–Crippen LogP) is 3.62. The molecule has 0 saturated heterocycles. The number of aryl methyl sites for hydroxylation is 1. The molecule has 0 bridgehead atoms. The molecule has 0 aromatic carbocycles. The van der Waals surface area contributed by atoms with Crippen molar-refractivity contribution < 1.29 is 0 Å². The van der Waals surface area contributed by atoms with Gasteiger partial charge in [0.2, 0.25) is 0 Å². The van der Waals surface area contributed by atoms with Gasteiger partial charge in [-0.1, -0.05) is 32.8 Å². The Kier molecular flexibility index (Phi) is 6.09. The molecular weight excluding hydrogens is 196 g/mol. The lowest BCUT2D eigenvalue weighted by Crippen LogP contribution is -2.23. The van der Waals surface area contributed by atoms with Crippen LogP contribution in [0.25, 0.3) is 0 Å². The fourth-order valence-corrected chi connectivity index (χ4v) is 1.96. The summed E-state index contributed by atoms with van der Waals surface area (Å²) in [7, 11) is 0. The van der Waals surface area contributed by atoms with Crippen molar-refractivity contribution in [3.05, 3.63) is 29.6 Å². The highest BCUT2D eigenvalue weighted by Gasteiger charge is 2.12. The van der Waals surface area contributed by atoms with Crippen LogP contribution in [0, 0.1) is 6.92 Å². The van der Waals surface area contributed by atoms with Crippen LogP contribution in [0.5, 0.6) is 0 Å². The number of unbranched alkanes of at least 4 members (excludes halogenated alkanes) is 1. The summed E-state index contributed by atoms with van der Waals surface area (Å²) in [6, 6.07) is 4.72. The Hall–Kier alpha value is -0.890. The van der Waals surface area contributed by atoms with Gasteiger partial charge in [0.1, 0.15) is 0 Å². The van der Waals surface area contributed by atoms with Crippen molar-refractivity contribution in [2.24, 2.45) is 0 Å². The van der Waals surface area contributed by atoms with Crippen LogP contribution in [0.1, 0.15) is 56.8 Å². The van der Waals surface area contributed by atoms with Crippen LogP contribution in [-0.4, -0.2) is 11.5 Å². The maximum atomic E-state index is 4.38. The van der Waals surface area contributed by atoms with Crippen molar-refractivity contribution in [3.63, 3.8) is 0 Å². The van der Waals surface area contributed by atoms with E-state index in [9.17, 15) is 0 Å². The van der Waals surface area contributed by atoms with Gasteiger partial charge in [-0.05, 0) is 37.9 Å². The molecule has 1 atom stereocenters. The minimum atomic E-state index is 0.480. The minimum Gasteiger partial charge on any atom is -0.310 e. The minimum absolute atomic E-state index is 0.480. The SMILES string of the molecule is CCCCC(NCCC)c1cccnc1C. The fourth-order valence-electron chi connectivity index (χ4n) is 1.96. The normalized spacial score (nSPS) is 12.7. The number of hydrogen-bond donors (Lipinski definition) is 1. The monoisotopic (exact) mass is 220 g/mol. The maximum Gasteiger partial charge on any atom is 0.0420 e. The van der Waals surface area contributed by atoms with E-state index in [1.807, 2.05) is 12.3 Å². The van der Waals surface area contributed by atoms with Crippen LogP contribution in [-0.2, 0) is 0 Å². The maximum absolute atomic E-state index is 4.38. The molecule has 0 aliphatic heterocycles. The standard InChI is InChI=1S/C14H24N2/c1-4-6-9-14(16-10-5-2)13-8-7-11-15-12(13)3/h7-8,11,14,16H,4-6,9-10H2,1-3H3. The predicted molar refractivity (Wildman–Crippen MR) is 69.5 cm³/mol. The summed E-state index contributed by atoms with van der Waals surface area (Å²) in [4.78, 5) is 4.38. The van der Waals surface area contributed by atoms with E-state index in [0.717, 1.165) is 12.2 Å². The molecular formula is C14H24N2. The van der Waals surface area contributed by atoms with E-state index in [1.54, 1.807) is 0 Å². The van der Waals surface area contributed by atoms with Crippen molar-refractivity contribution in [3.8, 4) is 0 Å². The van der Waals surface area contributed by atoms with E-state index in [2.05, 4.69) is 37.1 Å².